The molecule has 0 radical (unpaired) electrons. The van der Waals surface area contributed by atoms with Gasteiger partial charge >= 0.3 is 0 Å². The molecule has 6 nitrogen and oxygen atoms in total. The largest absolute Gasteiger partial charge is 0.378 e. The van der Waals surface area contributed by atoms with Crippen LogP contribution < -0.4 is 10.7 Å². The molecule has 0 aliphatic heterocycles. The average Bonchev–Trinajstić information content (AvgIpc) is 2.77. The summed E-state index contributed by atoms with van der Waals surface area (Å²) in [6.07, 6.45) is -1.31. The predicted octanol–water partition coefficient (Wildman–Crippen LogP) is 4.82. The highest BCUT2D eigenvalue weighted by atomic mass is 35.5. The van der Waals surface area contributed by atoms with Gasteiger partial charge in [0.25, 0.3) is 11.8 Å². The van der Waals surface area contributed by atoms with Crippen LogP contribution >= 0.6 is 23.2 Å². The van der Waals surface area contributed by atoms with Crippen molar-refractivity contribution in [3.63, 3.8) is 0 Å². The van der Waals surface area contributed by atoms with E-state index in [-0.39, 0.29) is 10.9 Å². The lowest BCUT2D eigenvalue weighted by atomic mass is 10.1. The lowest BCUT2D eigenvalue weighted by molar-refractivity contribution is -0.129. The SMILES string of the molecule is C/C(=N\NC(=O)[C@H](O)c1ccccc1)c1ccc(NC(=O)c2ccc(Cl)cc2Cl)cc1. The Hall–Kier alpha value is -3.19. The monoisotopic (exact) mass is 455 g/mol. The van der Waals surface area contributed by atoms with Crippen molar-refractivity contribution in [3.8, 4) is 0 Å². The number of anilines is 1. The minimum Gasteiger partial charge on any atom is -0.378 e. The molecule has 3 aromatic rings. The Morgan fingerprint density at radius 2 is 1.65 bits per heavy atom. The summed E-state index contributed by atoms with van der Waals surface area (Å²) in [5.41, 5.74) is 4.99. The lowest BCUT2D eigenvalue weighted by Gasteiger charge is -2.10. The molecular weight excluding hydrogens is 437 g/mol. The molecule has 8 heteroatoms. The minimum absolute atomic E-state index is 0.262. The molecule has 0 bridgehead atoms. The molecule has 3 aromatic carbocycles. The van der Waals surface area contributed by atoms with Gasteiger partial charge in [-0.15, -0.1) is 0 Å². The second-order valence-corrected chi connectivity index (χ2v) is 7.49. The van der Waals surface area contributed by atoms with Gasteiger partial charge in [-0.1, -0.05) is 65.7 Å². The number of halogens is 2. The lowest BCUT2D eigenvalue weighted by Crippen LogP contribution is -2.26. The van der Waals surface area contributed by atoms with Crippen LogP contribution in [0.1, 0.15) is 34.5 Å². The van der Waals surface area contributed by atoms with E-state index in [0.717, 1.165) is 5.56 Å². The maximum absolute atomic E-state index is 12.4. The summed E-state index contributed by atoms with van der Waals surface area (Å²) in [5, 5.41) is 17.6. The van der Waals surface area contributed by atoms with E-state index < -0.39 is 12.0 Å². The highest BCUT2D eigenvalue weighted by Crippen LogP contribution is 2.22. The molecule has 31 heavy (non-hydrogen) atoms. The molecular formula is C23H19Cl2N3O3. The second-order valence-electron chi connectivity index (χ2n) is 6.64. The number of carbonyl (C=O) groups excluding carboxylic acids is 2. The zero-order chi connectivity index (χ0) is 22.4. The summed E-state index contributed by atoms with van der Waals surface area (Å²) < 4.78 is 0. The van der Waals surface area contributed by atoms with E-state index in [1.165, 1.54) is 6.07 Å². The Bertz CT molecular complexity index is 1120. The van der Waals surface area contributed by atoms with Crippen molar-refractivity contribution < 1.29 is 14.7 Å². The third-order valence-corrected chi connectivity index (χ3v) is 4.98. The van der Waals surface area contributed by atoms with Crippen LogP contribution in [0.5, 0.6) is 0 Å². The third-order valence-electron chi connectivity index (χ3n) is 4.43. The number of aliphatic hydroxyl groups is 1. The fraction of sp³-hybridized carbons (Fsp3) is 0.0870. The maximum Gasteiger partial charge on any atom is 0.273 e. The van der Waals surface area contributed by atoms with Crippen LogP contribution in [0.3, 0.4) is 0 Å². The zero-order valence-corrected chi connectivity index (χ0v) is 18.0. The van der Waals surface area contributed by atoms with Crippen LogP contribution in [0.2, 0.25) is 10.0 Å². The van der Waals surface area contributed by atoms with E-state index in [0.29, 0.717) is 27.5 Å². The smallest absolute Gasteiger partial charge is 0.273 e. The number of hydrogen-bond acceptors (Lipinski definition) is 4. The topological polar surface area (TPSA) is 90.8 Å². The third kappa shape index (κ3) is 5.92. The van der Waals surface area contributed by atoms with E-state index in [1.54, 1.807) is 73.7 Å². The summed E-state index contributed by atoms with van der Waals surface area (Å²) in [5.74, 6) is -0.990. The molecule has 0 aromatic heterocycles. The van der Waals surface area contributed by atoms with Gasteiger partial charge in [-0.05, 0) is 48.4 Å². The molecule has 3 N–H and O–H groups in total. The normalized spacial score (nSPS) is 12.2. The predicted molar refractivity (Wildman–Crippen MR) is 123 cm³/mol. The number of hydrogen-bond donors (Lipinski definition) is 3. The highest BCUT2D eigenvalue weighted by Gasteiger charge is 2.16. The Labute approximate surface area is 189 Å². The van der Waals surface area contributed by atoms with Gasteiger partial charge in [0.1, 0.15) is 0 Å². The number of hydrazone groups is 1. The van der Waals surface area contributed by atoms with Crippen LogP contribution in [-0.2, 0) is 4.79 Å². The van der Waals surface area contributed by atoms with E-state index in [9.17, 15) is 14.7 Å². The summed E-state index contributed by atoms with van der Waals surface area (Å²) in [7, 11) is 0. The first-order chi connectivity index (χ1) is 14.8. The summed E-state index contributed by atoms with van der Waals surface area (Å²) >= 11 is 11.9. The van der Waals surface area contributed by atoms with Gasteiger partial charge < -0.3 is 10.4 Å². The first kappa shape index (κ1) is 22.5. The quantitative estimate of drug-likeness (QED) is 0.367. The number of aliphatic hydroxyl groups excluding tert-OH is 1. The molecule has 0 saturated heterocycles. The van der Waals surface area contributed by atoms with Gasteiger partial charge in [0, 0.05) is 10.7 Å². The average molecular weight is 456 g/mol. The fourth-order valence-corrected chi connectivity index (χ4v) is 3.21. The zero-order valence-electron chi connectivity index (χ0n) is 16.5. The van der Waals surface area contributed by atoms with Crippen molar-refractivity contribution >= 4 is 46.4 Å². The molecule has 1 atom stereocenters. The summed E-state index contributed by atoms with van der Waals surface area (Å²) in [6.45, 7) is 1.72. The van der Waals surface area contributed by atoms with Gasteiger partial charge in [0.05, 0.1) is 16.3 Å². The van der Waals surface area contributed by atoms with E-state index in [4.69, 9.17) is 23.2 Å². The van der Waals surface area contributed by atoms with Crippen LogP contribution in [-0.4, -0.2) is 22.6 Å². The number of carbonyl (C=O) groups is 2. The molecule has 158 valence electrons. The maximum atomic E-state index is 12.4. The molecule has 3 rings (SSSR count). The first-order valence-electron chi connectivity index (χ1n) is 9.29. The fourth-order valence-electron chi connectivity index (χ4n) is 2.72. The molecule has 0 heterocycles. The number of rotatable bonds is 6. The molecule has 0 saturated carbocycles. The van der Waals surface area contributed by atoms with Gasteiger partial charge in [-0.25, -0.2) is 5.43 Å². The Morgan fingerprint density at radius 3 is 2.29 bits per heavy atom. The molecule has 0 unspecified atom stereocenters. The first-order valence-corrected chi connectivity index (χ1v) is 10.0. The number of amides is 2. The van der Waals surface area contributed by atoms with Gasteiger partial charge in [0.15, 0.2) is 6.10 Å². The van der Waals surface area contributed by atoms with Crippen LogP contribution in [0, 0.1) is 0 Å². The van der Waals surface area contributed by atoms with Crippen LogP contribution in [0.15, 0.2) is 77.9 Å². The van der Waals surface area contributed by atoms with Crippen molar-refractivity contribution in [3.05, 3.63) is 99.5 Å². The van der Waals surface area contributed by atoms with Crippen LogP contribution in [0.25, 0.3) is 0 Å². The van der Waals surface area contributed by atoms with Crippen molar-refractivity contribution in [1.29, 1.82) is 0 Å². The van der Waals surface area contributed by atoms with Crippen molar-refractivity contribution in [2.75, 3.05) is 5.32 Å². The molecule has 0 aliphatic carbocycles. The number of benzene rings is 3. The van der Waals surface area contributed by atoms with Crippen molar-refractivity contribution in [2.24, 2.45) is 5.10 Å². The molecule has 0 spiro atoms. The van der Waals surface area contributed by atoms with Gasteiger partial charge in [0.2, 0.25) is 0 Å². The second kappa shape index (κ2) is 10.2. The Balaban J connectivity index is 1.62. The van der Waals surface area contributed by atoms with Gasteiger partial charge in [-0.3, -0.25) is 9.59 Å². The summed E-state index contributed by atoms with van der Waals surface area (Å²) in [6, 6.07) is 20.1. The summed E-state index contributed by atoms with van der Waals surface area (Å²) in [4.78, 5) is 24.5. The van der Waals surface area contributed by atoms with Crippen molar-refractivity contribution in [2.45, 2.75) is 13.0 Å². The van der Waals surface area contributed by atoms with E-state index >= 15 is 0 Å². The number of nitrogens with zero attached hydrogens (tertiary/aromatic N) is 1. The molecule has 2 amide bonds. The Kier molecular flexibility index (Phi) is 7.41. The number of nitrogens with one attached hydrogen (secondary N) is 2. The molecule has 0 fully saturated rings. The highest BCUT2D eigenvalue weighted by molar-refractivity contribution is 6.37. The van der Waals surface area contributed by atoms with Crippen molar-refractivity contribution in [1.82, 2.24) is 5.43 Å². The van der Waals surface area contributed by atoms with Gasteiger partial charge in [-0.2, -0.15) is 5.10 Å². The standard InChI is InChI=1S/C23H19Cl2N3O3/c1-14(27-28-23(31)21(29)16-5-3-2-4-6-16)15-7-10-18(11-8-15)26-22(30)19-12-9-17(24)13-20(19)25/h2-13,21,29H,1H3,(H,26,30)(H,28,31)/b27-14+/t21-/m1/s1. The van der Waals surface area contributed by atoms with E-state index in [1.807, 2.05) is 0 Å². The van der Waals surface area contributed by atoms with Crippen LogP contribution in [0.4, 0.5) is 5.69 Å². The minimum atomic E-state index is -1.31. The Morgan fingerprint density at radius 1 is 0.968 bits per heavy atom. The molecule has 0 aliphatic rings. The van der Waals surface area contributed by atoms with E-state index in [2.05, 4.69) is 15.8 Å².